The molecule has 0 bridgehead atoms. The van der Waals surface area contributed by atoms with Crippen molar-refractivity contribution in [1.82, 2.24) is 4.98 Å². The lowest BCUT2D eigenvalue weighted by Gasteiger charge is -2.18. The van der Waals surface area contributed by atoms with Crippen molar-refractivity contribution in [2.75, 3.05) is 11.9 Å². The number of hydrogen-bond donors (Lipinski definition) is 1. The van der Waals surface area contributed by atoms with Crippen molar-refractivity contribution in [3.05, 3.63) is 64.8 Å². The maximum atomic E-state index is 13.8. The van der Waals surface area contributed by atoms with E-state index >= 15 is 0 Å². The van der Waals surface area contributed by atoms with Crippen LogP contribution in [0.15, 0.2) is 48.5 Å². The Morgan fingerprint density at radius 2 is 2.00 bits per heavy atom. The van der Waals surface area contributed by atoms with Crippen LogP contribution in [0.1, 0.15) is 23.8 Å². The Hall–Kier alpha value is -2.77. The van der Waals surface area contributed by atoms with Crippen LogP contribution in [0.2, 0.25) is 0 Å². The van der Waals surface area contributed by atoms with E-state index in [0.29, 0.717) is 5.92 Å². The number of nitrogens with zero attached hydrogens (tertiary/aromatic N) is 1. The fourth-order valence-electron chi connectivity index (χ4n) is 3.91. The van der Waals surface area contributed by atoms with Crippen LogP contribution in [0.3, 0.4) is 0 Å². The van der Waals surface area contributed by atoms with E-state index in [1.807, 2.05) is 18.2 Å². The second-order valence-corrected chi connectivity index (χ2v) is 9.95. The van der Waals surface area contributed by atoms with Gasteiger partial charge in [-0.05, 0) is 55.0 Å². The van der Waals surface area contributed by atoms with E-state index in [1.54, 1.807) is 34.8 Å². The third kappa shape index (κ3) is 4.07. The first-order chi connectivity index (χ1) is 15.1. The second kappa shape index (κ2) is 8.40. The van der Waals surface area contributed by atoms with Crippen molar-refractivity contribution in [3.63, 3.8) is 0 Å². The predicted octanol–water partition coefficient (Wildman–Crippen LogP) is 6.31. The summed E-state index contributed by atoms with van der Waals surface area (Å²) in [5, 5.41) is 4.75. The van der Waals surface area contributed by atoms with Gasteiger partial charge in [-0.1, -0.05) is 31.2 Å². The number of rotatable bonds is 5. The minimum Gasteiger partial charge on any atom is -0.481 e. The van der Waals surface area contributed by atoms with Crippen LogP contribution in [0.5, 0.6) is 5.75 Å². The Morgan fingerprint density at radius 3 is 2.84 bits per heavy atom. The molecule has 2 aromatic heterocycles. The van der Waals surface area contributed by atoms with Gasteiger partial charge in [-0.3, -0.25) is 4.79 Å². The number of para-hydroxylation sites is 2. The molecule has 1 aliphatic carbocycles. The zero-order chi connectivity index (χ0) is 21.4. The Balaban J connectivity index is 1.45. The van der Waals surface area contributed by atoms with Crippen LogP contribution in [0, 0.1) is 11.7 Å². The number of halogens is 1. The summed E-state index contributed by atoms with van der Waals surface area (Å²) >= 11 is 3.27. The van der Waals surface area contributed by atoms with Crippen molar-refractivity contribution < 1.29 is 13.9 Å². The molecule has 2 heterocycles. The predicted molar refractivity (Wildman–Crippen MR) is 125 cm³/mol. The highest BCUT2D eigenvalue weighted by Gasteiger charge is 2.27. The average Bonchev–Trinajstić information content (AvgIpc) is 3.33. The molecule has 1 atom stereocenters. The van der Waals surface area contributed by atoms with E-state index in [1.165, 1.54) is 22.6 Å². The highest BCUT2D eigenvalue weighted by Crippen LogP contribution is 2.47. The highest BCUT2D eigenvalue weighted by atomic mass is 32.1. The number of nitrogens with one attached hydrogen (secondary N) is 1. The van der Waals surface area contributed by atoms with Crippen LogP contribution in [-0.2, 0) is 17.6 Å². The van der Waals surface area contributed by atoms with Gasteiger partial charge in [-0.2, -0.15) is 0 Å². The maximum absolute atomic E-state index is 13.8. The normalized spacial score (nSPS) is 15.6. The lowest BCUT2D eigenvalue weighted by Crippen LogP contribution is -2.20. The molecule has 0 radical (unpaired) electrons. The lowest BCUT2D eigenvalue weighted by atomic mass is 9.88. The number of fused-ring (bicyclic) bond motifs is 2. The molecule has 158 valence electrons. The lowest BCUT2D eigenvalue weighted by molar-refractivity contribution is -0.118. The number of anilines is 1. The van der Waals surface area contributed by atoms with Gasteiger partial charge in [0, 0.05) is 10.4 Å². The monoisotopic (exact) mass is 452 g/mol. The third-order valence-electron chi connectivity index (χ3n) is 5.47. The Kier molecular flexibility index (Phi) is 5.46. The molecule has 0 spiro atoms. The van der Waals surface area contributed by atoms with Gasteiger partial charge in [-0.15, -0.1) is 22.7 Å². The molecular weight excluding hydrogens is 431 g/mol. The molecule has 1 unspecified atom stereocenters. The van der Waals surface area contributed by atoms with Crippen LogP contribution >= 0.6 is 22.7 Å². The van der Waals surface area contributed by atoms with Crippen molar-refractivity contribution >= 4 is 43.8 Å². The number of thiophene rings is 1. The number of carbonyl (C=O) groups is 1. The van der Waals surface area contributed by atoms with Gasteiger partial charge < -0.3 is 10.1 Å². The first-order valence-corrected chi connectivity index (χ1v) is 11.9. The van der Waals surface area contributed by atoms with Gasteiger partial charge in [0.15, 0.2) is 18.2 Å². The molecule has 2 aromatic carbocycles. The van der Waals surface area contributed by atoms with Crippen LogP contribution in [-0.4, -0.2) is 17.5 Å². The molecule has 0 aliphatic heterocycles. The summed E-state index contributed by atoms with van der Waals surface area (Å²) in [4.78, 5) is 18.8. The van der Waals surface area contributed by atoms with Gasteiger partial charge in [0.25, 0.3) is 5.91 Å². The Labute approximate surface area is 187 Å². The van der Waals surface area contributed by atoms with Crippen molar-refractivity contribution in [2.45, 2.75) is 26.2 Å². The molecule has 31 heavy (non-hydrogen) atoms. The molecule has 0 fully saturated rings. The molecule has 4 nitrogen and oxygen atoms in total. The fraction of sp³-hybridized carbons (Fsp3) is 0.250. The van der Waals surface area contributed by atoms with E-state index in [0.717, 1.165) is 45.1 Å². The van der Waals surface area contributed by atoms with Gasteiger partial charge in [0.1, 0.15) is 10.0 Å². The van der Waals surface area contributed by atoms with Gasteiger partial charge in [0.05, 0.1) is 10.2 Å². The molecule has 5 rings (SSSR count). The quantitative estimate of drug-likeness (QED) is 0.386. The summed E-state index contributed by atoms with van der Waals surface area (Å²) in [6, 6.07) is 14.2. The molecule has 0 saturated carbocycles. The number of hydrogen-bond acceptors (Lipinski definition) is 5. The number of thiazole rings is 1. The molecule has 1 amide bonds. The fourth-order valence-corrected chi connectivity index (χ4v) is 6.45. The molecule has 7 heteroatoms. The van der Waals surface area contributed by atoms with Crippen LogP contribution in [0.25, 0.3) is 20.8 Å². The molecule has 1 N–H and O–H groups in total. The molecule has 1 aliphatic rings. The van der Waals surface area contributed by atoms with Gasteiger partial charge >= 0.3 is 0 Å². The highest BCUT2D eigenvalue weighted by molar-refractivity contribution is 7.22. The average molecular weight is 453 g/mol. The van der Waals surface area contributed by atoms with E-state index in [9.17, 15) is 9.18 Å². The first kappa shape index (κ1) is 20.2. The third-order valence-corrected chi connectivity index (χ3v) is 7.69. The maximum Gasteiger partial charge on any atom is 0.262 e. The second-order valence-electron chi connectivity index (χ2n) is 7.81. The summed E-state index contributed by atoms with van der Waals surface area (Å²) in [5.74, 6) is -0.0889. The van der Waals surface area contributed by atoms with E-state index in [-0.39, 0.29) is 18.3 Å². The molecule has 4 aromatic rings. The zero-order valence-electron chi connectivity index (χ0n) is 17.0. The molecular formula is C24H21FN2O2S2. The summed E-state index contributed by atoms with van der Waals surface area (Å²) in [5.41, 5.74) is 3.30. The van der Waals surface area contributed by atoms with Gasteiger partial charge in [0.2, 0.25) is 0 Å². The summed E-state index contributed by atoms with van der Waals surface area (Å²) in [6.07, 6.45) is 3.13. The van der Waals surface area contributed by atoms with E-state index in [4.69, 9.17) is 9.72 Å². The van der Waals surface area contributed by atoms with E-state index in [2.05, 4.69) is 18.3 Å². The number of ether oxygens (including phenoxy) is 1. The largest absolute Gasteiger partial charge is 0.481 e. The topological polar surface area (TPSA) is 51.2 Å². The van der Waals surface area contributed by atoms with Gasteiger partial charge in [-0.25, -0.2) is 9.37 Å². The van der Waals surface area contributed by atoms with E-state index < -0.39 is 5.82 Å². The van der Waals surface area contributed by atoms with Crippen molar-refractivity contribution in [3.8, 4) is 16.3 Å². The number of benzene rings is 2. The first-order valence-electron chi connectivity index (χ1n) is 10.3. The van der Waals surface area contributed by atoms with Crippen molar-refractivity contribution in [2.24, 2.45) is 5.92 Å². The van der Waals surface area contributed by atoms with Crippen molar-refractivity contribution in [1.29, 1.82) is 0 Å². The SMILES string of the molecule is CC1CCc2c(sc(NC(=O)COc3ccccc3F)c2-c2nc3ccccc3s2)C1. The minimum atomic E-state index is -0.481. The minimum absolute atomic E-state index is 0.0725. The van der Waals surface area contributed by atoms with Crippen LogP contribution in [0.4, 0.5) is 9.39 Å². The molecule has 0 saturated heterocycles. The Morgan fingerprint density at radius 1 is 1.19 bits per heavy atom. The smallest absolute Gasteiger partial charge is 0.262 e. The standard InChI is InChI=1S/C24H21FN2O2S2/c1-14-10-11-15-20(12-14)31-24(22(15)23-26-17-7-3-5-9-19(17)30-23)27-21(28)13-29-18-8-4-2-6-16(18)25/h2-9,14H,10-13H2,1H3,(H,27,28). The zero-order valence-corrected chi connectivity index (χ0v) is 18.6. The summed E-state index contributed by atoms with van der Waals surface area (Å²) in [6.45, 7) is 2.01. The Bertz CT molecular complexity index is 1230. The number of carbonyl (C=O) groups excluding carboxylic acids is 1. The number of amides is 1. The summed E-state index contributed by atoms with van der Waals surface area (Å²) in [7, 11) is 0. The summed E-state index contributed by atoms with van der Waals surface area (Å²) < 4.78 is 20.3. The van der Waals surface area contributed by atoms with Crippen LogP contribution < -0.4 is 10.1 Å². The number of aromatic nitrogens is 1.